The molecule has 0 saturated carbocycles. The van der Waals surface area contributed by atoms with Gasteiger partial charge in [0.2, 0.25) is 5.96 Å². The van der Waals surface area contributed by atoms with Gasteiger partial charge in [-0.05, 0) is 48.3 Å². The first kappa shape index (κ1) is 17.7. The van der Waals surface area contributed by atoms with Crippen LogP contribution in [0.3, 0.4) is 0 Å². The molecule has 1 aliphatic rings. The third kappa shape index (κ3) is 4.93. The fourth-order valence-corrected chi connectivity index (χ4v) is 2.62. The van der Waals surface area contributed by atoms with Crippen molar-refractivity contribution in [2.45, 2.75) is 13.8 Å². The van der Waals surface area contributed by atoms with E-state index in [0.29, 0.717) is 0 Å². The molecule has 0 unspecified atom stereocenters. The minimum absolute atomic E-state index is 0.719. The number of hydrazone groups is 1. The van der Waals surface area contributed by atoms with Gasteiger partial charge in [-0.2, -0.15) is 5.10 Å². The van der Waals surface area contributed by atoms with Crippen molar-refractivity contribution in [2.75, 3.05) is 13.1 Å². The van der Waals surface area contributed by atoms with Crippen molar-refractivity contribution in [3.05, 3.63) is 82.9 Å². The minimum Gasteiger partial charge on any atom is -0.353 e. The average molecular weight is 344 g/mol. The van der Waals surface area contributed by atoms with Crippen LogP contribution in [0, 0.1) is 13.8 Å². The number of aryl methyl sites for hydroxylation is 2. The maximum absolute atomic E-state index is 4.49. The van der Waals surface area contributed by atoms with Gasteiger partial charge in [0.1, 0.15) is 0 Å². The summed E-state index contributed by atoms with van der Waals surface area (Å²) in [6.45, 7) is 5.85. The van der Waals surface area contributed by atoms with E-state index >= 15 is 0 Å². The predicted molar refractivity (Wildman–Crippen MR) is 111 cm³/mol. The molecule has 2 aromatic carbocycles. The van der Waals surface area contributed by atoms with Gasteiger partial charge in [0.25, 0.3) is 0 Å². The molecular weight excluding hydrogens is 320 g/mol. The lowest BCUT2D eigenvalue weighted by Crippen LogP contribution is -2.30. The molecule has 2 aromatic rings. The molecule has 4 nitrogen and oxygen atoms in total. The lowest BCUT2D eigenvalue weighted by atomic mass is 10.1. The highest BCUT2D eigenvalue weighted by atomic mass is 15.4. The number of nitrogens with zero attached hydrogens (tertiary/aromatic N) is 2. The van der Waals surface area contributed by atoms with Crippen LogP contribution in [0.25, 0.3) is 12.2 Å². The average Bonchev–Trinajstić information content (AvgIpc) is 3.17. The highest BCUT2D eigenvalue weighted by Gasteiger charge is 2.02. The molecule has 0 saturated heterocycles. The topological polar surface area (TPSA) is 48.8 Å². The second kappa shape index (κ2) is 8.81. The summed E-state index contributed by atoms with van der Waals surface area (Å²) in [5.41, 5.74) is 8.67. The summed E-state index contributed by atoms with van der Waals surface area (Å²) in [7, 11) is 0. The van der Waals surface area contributed by atoms with E-state index in [9.17, 15) is 0 Å². The molecule has 0 radical (unpaired) electrons. The van der Waals surface area contributed by atoms with Crippen molar-refractivity contribution in [3.8, 4) is 0 Å². The van der Waals surface area contributed by atoms with Crippen LogP contribution in [-0.2, 0) is 0 Å². The first-order valence-electron chi connectivity index (χ1n) is 8.82. The Balaban J connectivity index is 1.82. The van der Waals surface area contributed by atoms with Crippen molar-refractivity contribution in [3.63, 3.8) is 0 Å². The Hall–Kier alpha value is -3.14. The van der Waals surface area contributed by atoms with Crippen molar-refractivity contribution < 1.29 is 0 Å². The maximum atomic E-state index is 4.49. The Morgan fingerprint density at radius 2 is 1.54 bits per heavy atom. The van der Waals surface area contributed by atoms with Gasteiger partial charge < -0.3 is 5.32 Å². The largest absolute Gasteiger partial charge is 0.353 e. The van der Waals surface area contributed by atoms with E-state index in [1.807, 2.05) is 36.4 Å². The van der Waals surface area contributed by atoms with Gasteiger partial charge >= 0.3 is 0 Å². The standard InChI is InChI=1S/C22H24N4/c1-17-7-3-5-9-19(17)11-13-21(25-26-22-23-15-16-24-22)14-12-20-10-6-4-8-18(20)2/h3-14H,15-16H2,1-2H3,(H2,23,24,26). The zero-order valence-electron chi connectivity index (χ0n) is 15.2. The van der Waals surface area contributed by atoms with Crippen LogP contribution in [-0.4, -0.2) is 24.8 Å². The quantitative estimate of drug-likeness (QED) is 0.638. The maximum Gasteiger partial charge on any atom is 0.212 e. The van der Waals surface area contributed by atoms with Crippen LogP contribution < -0.4 is 10.7 Å². The zero-order valence-corrected chi connectivity index (χ0v) is 15.2. The molecule has 0 bridgehead atoms. The number of hydrogen-bond acceptors (Lipinski definition) is 4. The number of aliphatic imine (C=N–C) groups is 1. The molecule has 0 spiro atoms. The summed E-state index contributed by atoms with van der Waals surface area (Å²) in [6.07, 6.45) is 8.20. The SMILES string of the molecule is Cc1ccccc1C=CC(C=Cc1ccccc1C)=NNC1=NCCN1. The fourth-order valence-electron chi connectivity index (χ4n) is 2.62. The molecule has 0 aromatic heterocycles. The Morgan fingerprint density at radius 1 is 0.962 bits per heavy atom. The monoisotopic (exact) mass is 344 g/mol. The van der Waals surface area contributed by atoms with Crippen LogP contribution >= 0.6 is 0 Å². The lowest BCUT2D eigenvalue weighted by Gasteiger charge is -2.03. The summed E-state index contributed by atoms with van der Waals surface area (Å²) in [5, 5.41) is 7.66. The molecule has 3 rings (SSSR count). The number of nitrogens with one attached hydrogen (secondary N) is 2. The minimum atomic E-state index is 0.719. The van der Waals surface area contributed by atoms with Crippen LogP contribution in [0.4, 0.5) is 0 Å². The molecule has 2 N–H and O–H groups in total. The van der Waals surface area contributed by atoms with Gasteiger partial charge in [0.05, 0.1) is 12.3 Å². The Kier molecular flexibility index (Phi) is 5.99. The summed E-state index contributed by atoms with van der Waals surface area (Å²) in [4.78, 5) is 4.31. The number of hydrogen-bond donors (Lipinski definition) is 2. The van der Waals surface area contributed by atoms with E-state index in [0.717, 1.165) is 24.8 Å². The van der Waals surface area contributed by atoms with Crippen molar-refractivity contribution >= 4 is 23.8 Å². The fraction of sp³-hybridized carbons (Fsp3) is 0.182. The molecular formula is C22H24N4. The highest BCUT2D eigenvalue weighted by Crippen LogP contribution is 2.11. The predicted octanol–water partition coefficient (Wildman–Crippen LogP) is 3.93. The van der Waals surface area contributed by atoms with Crippen LogP contribution in [0.1, 0.15) is 22.3 Å². The summed E-state index contributed by atoms with van der Waals surface area (Å²) in [6, 6.07) is 16.6. The van der Waals surface area contributed by atoms with Crippen LogP contribution in [0.2, 0.25) is 0 Å². The zero-order chi connectivity index (χ0) is 18.2. The number of allylic oxidation sites excluding steroid dienone is 2. The van der Waals surface area contributed by atoms with E-state index in [2.05, 4.69) is 71.1 Å². The summed E-state index contributed by atoms with van der Waals surface area (Å²) >= 11 is 0. The molecule has 26 heavy (non-hydrogen) atoms. The van der Waals surface area contributed by atoms with E-state index in [1.54, 1.807) is 0 Å². The first-order valence-corrected chi connectivity index (χ1v) is 8.82. The van der Waals surface area contributed by atoms with Crippen LogP contribution in [0.5, 0.6) is 0 Å². The van der Waals surface area contributed by atoms with Crippen molar-refractivity contribution in [1.29, 1.82) is 0 Å². The van der Waals surface area contributed by atoms with Gasteiger partial charge in [0.15, 0.2) is 0 Å². The van der Waals surface area contributed by atoms with Gasteiger partial charge in [-0.3, -0.25) is 0 Å². The highest BCUT2D eigenvalue weighted by molar-refractivity contribution is 6.09. The van der Waals surface area contributed by atoms with Crippen molar-refractivity contribution in [2.24, 2.45) is 10.1 Å². The molecule has 0 amide bonds. The second-order valence-electron chi connectivity index (χ2n) is 6.19. The van der Waals surface area contributed by atoms with Gasteiger partial charge in [0, 0.05) is 6.54 Å². The summed E-state index contributed by atoms with van der Waals surface area (Å²) in [5.74, 6) is 0.719. The second-order valence-corrected chi connectivity index (χ2v) is 6.19. The van der Waals surface area contributed by atoms with E-state index in [4.69, 9.17) is 0 Å². The Morgan fingerprint density at radius 3 is 2.04 bits per heavy atom. The van der Waals surface area contributed by atoms with Gasteiger partial charge in [-0.15, -0.1) is 0 Å². The van der Waals surface area contributed by atoms with E-state index in [1.165, 1.54) is 22.3 Å². The normalized spacial score (nSPS) is 13.7. The first-order chi connectivity index (χ1) is 12.7. The van der Waals surface area contributed by atoms with Crippen LogP contribution in [0.15, 0.2) is 70.8 Å². The third-order valence-corrected chi connectivity index (χ3v) is 4.21. The van der Waals surface area contributed by atoms with Gasteiger partial charge in [-0.1, -0.05) is 60.7 Å². The number of rotatable bonds is 5. The van der Waals surface area contributed by atoms with Gasteiger partial charge in [-0.25, -0.2) is 10.4 Å². The van der Waals surface area contributed by atoms with Crippen molar-refractivity contribution in [1.82, 2.24) is 10.7 Å². The number of benzene rings is 2. The molecule has 0 atom stereocenters. The third-order valence-electron chi connectivity index (χ3n) is 4.21. The molecule has 4 heteroatoms. The lowest BCUT2D eigenvalue weighted by molar-refractivity contribution is 0.918. The molecule has 1 aliphatic heterocycles. The molecule has 132 valence electrons. The Bertz CT molecular complexity index is 818. The van der Waals surface area contributed by atoms with E-state index < -0.39 is 0 Å². The van der Waals surface area contributed by atoms with E-state index in [-0.39, 0.29) is 0 Å². The molecule has 0 fully saturated rings. The Labute approximate surface area is 155 Å². The summed E-state index contributed by atoms with van der Waals surface area (Å²) < 4.78 is 0. The number of guanidine groups is 1. The molecule has 1 heterocycles. The smallest absolute Gasteiger partial charge is 0.212 e. The molecule has 0 aliphatic carbocycles.